The second kappa shape index (κ2) is 5.16. The highest BCUT2D eigenvalue weighted by molar-refractivity contribution is 9.10. The Labute approximate surface area is 123 Å². The Morgan fingerprint density at radius 3 is 2.58 bits per heavy atom. The van der Waals surface area contributed by atoms with Gasteiger partial charge in [-0.2, -0.15) is 0 Å². The van der Waals surface area contributed by atoms with E-state index in [2.05, 4.69) is 53.7 Å². The summed E-state index contributed by atoms with van der Waals surface area (Å²) in [5.41, 5.74) is 7.87. The van der Waals surface area contributed by atoms with Crippen molar-refractivity contribution in [3.63, 3.8) is 0 Å². The van der Waals surface area contributed by atoms with E-state index in [0.29, 0.717) is 5.41 Å². The van der Waals surface area contributed by atoms with Gasteiger partial charge < -0.3 is 10.6 Å². The molecule has 2 rings (SSSR count). The van der Waals surface area contributed by atoms with Gasteiger partial charge in [-0.1, -0.05) is 20.8 Å². The van der Waals surface area contributed by atoms with E-state index in [1.165, 1.54) is 12.1 Å². The Morgan fingerprint density at radius 1 is 1.42 bits per heavy atom. The summed E-state index contributed by atoms with van der Waals surface area (Å²) in [5.74, 6) is 0.839. The topological polar surface area (TPSA) is 53.1 Å². The maximum atomic E-state index is 7.50. The Balaban J connectivity index is 2.16. The Morgan fingerprint density at radius 2 is 2.11 bits per heavy atom. The van der Waals surface area contributed by atoms with Crippen LogP contribution in [-0.2, 0) is 0 Å². The van der Waals surface area contributed by atoms with Gasteiger partial charge in [-0.15, -0.1) is 0 Å². The molecule has 4 heteroatoms. The highest BCUT2D eigenvalue weighted by atomic mass is 79.9. The highest BCUT2D eigenvalue weighted by Gasteiger charge is 2.31. The molecule has 3 nitrogen and oxygen atoms in total. The van der Waals surface area contributed by atoms with Gasteiger partial charge >= 0.3 is 0 Å². The average molecular weight is 324 g/mol. The van der Waals surface area contributed by atoms with Gasteiger partial charge in [0, 0.05) is 28.8 Å². The molecule has 1 unspecified atom stereocenters. The van der Waals surface area contributed by atoms with E-state index in [-0.39, 0.29) is 5.84 Å². The number of halogens is 1. The lowest BCUT2D eigenvalue weighted by atomic mass is 9.80. The summed E-state index contributed by atoms with van der Waals surface area (Å²) in [6, 6.07) is 6.06. The van der Waals surface area contributed by atoms with E-state index in [1.54, 1.807) is 0 Å². The van der Waals surface area contributed by atoms with Gasteiger partial charge in [0.05, 0.1) is 0 Å². The molecule has 1 atom stereocenters. The third kappa shape index (κ3) is 3.11. The molecule has 19 heavy (non-hydrogen) atoms. The van der Waals surface area contributed by atoms with Crippen LogP contribution in [0.1, 0.15) is 32.8 Å². The van der Waals surface area contributed by atoms with Crippen molar-refractivity contribution in [3.8, 4) is 0 Å². The van der Waals surface area contributed by atoms with Gasteiger partial charge in [0.1, 0.15) is 5.84 Å². The van der Waals surface area contributed by atoms with Gasteiger partial charge in [0.25, 0.3) is 0 Å². The Kier molecular flexibility index (Phi) is 3.90. The Bertz CT molecular complexity index is 491. The third-order valence-corrected chi connectivity index (χ3v) is 4.68. The number of benzene rings is 1. The first-order valence-corrected chi connectivity index (χ1v) is 7.47. The fourth-order valence-electron chi connectivity index (χ4n) is 2.62. The summed E-state index contributed by atoms with van der Waals surface area (Å²) in [5, 5.41) is 7.50. The van der Waals surface area contributed by atoms with Crippen LogP contribution >= 0.6 is 15.9 Å². The van der Waals surface area contributed by atoms with E-state index in [9.17, 15) is 0 Å². The fourth-order valence-corrected chi connectivity index (χ4v) is 3.20. The molecule has 0 aliphatic carbocycles. The van der Waals surface area contributed by atoms with Crippen LogP contribution in [0, 0.1) is 16.7 Å². The molecule has 1 aliphatic heterocycles. The lowest BCUT2D eigenvalue weighted by molar-refractivity contribution is 0.263. The van der Waals surface area contributed by atoms with E-state index >= 15 is 0 Å². The average Bonchev–Trinajstić information content (AvgIpc) is 2.76. The van der Waals surface area contributed by atoms with Gasteiger partial charge in [0.15, 0.2) is 0 Å². The molecular formula is C15H22BrN3. The van der Waals surface area contributed by atoms with Crippen molar-refractivity contribution in [1.82, 2.24) is 0 Å². The first-order valence-electron chi connectivity index (χ1n) is 6.68. The summed E-state index contributed by atoms with van der Waals surface area (Å²) in [7, 11) is 0. The van der Waals surface area contributed by atoms with Crippen LogP contribution in [0.4, 0.5) is 5.69 Å². The van der Waals surface area contributed by atoms with Crippen LogP contribution in [0.15, 0.2) is 22.7 Å². The highest BCUT2D eigenvalue weighted by Crippen LogP contribution is 2.36. The predicted octanol–water partition coefficient (Wildman–Crippen LogP) is 3.61. The number of nitrogens with one attached hydrogen (secondary N) is 1. The molecule has 1 heterocycles. The standard InChI is InChI=1S/C15H22BrN3/c1-15(2,3)10-6-7-19(9-10)11-4-5-12(14(17)18)13(16)8-11/h4-5,8,10H,6-7,9H2,1-3H3,(H3,17,18). The minimum Gasteiger partial charge on any atom is -0.384 e. The number of rotatable bonds is 2. The molecule has 0 saturated carbocycles. The van der Waals surface area contributed by atoms with Gasteiger partial charge in [-0.3, -0.25) is 5.41 Å². The van der Waals surface area contributed by atoms with Crippen molar-refractivity contribution in [2.75, 3.05) is 18.0 Å². The molecule has 0 aromatic heterocycles. The summed E-state index contributed by atoms with van der Waals surface area (Å²) < 4.78 is 0.900. The summed E-state index contributed by atoms with van der Waals surface area (Å²) in [4.78, 5) is 2.42. The van der Waals surface area contributed by atoms with Crippen molar-refractivity contribution in [3.05, 3.63) is 28.2 Å². The molecule has 1 aromatic carbocycles. The van der Waals surface area contributed by atoms with Crippen molar-refractivity contribution >= 4 is 27.5 Å². The van der Waals surface area contributed by atoms with E-state index in [1.807, 2.05) is 6.07 Å². The molecule has 1 aromatic rings. The number of nitrogens with zero attached hydrogens (tertiary/aromatic N) is 1. The molecule has 1 aliphatic rings. The Hall–Kier alpha value is -1.03. The van der Waals surface area contributed by atoms with Crippen molar-refractivity contribution in [2.24, 2.45) is 17.1 Å². The number of hydrogen-bond acceptors (Lipinski definition) is 2. The summed E-state index contributed by atoms with van der Waals surface area (Å²) >= 11 is 3.50. The number of nitrogen functional groups attached to an aromatic ring is 1. The third-order valence-electron chi connectivity index (χ3n) is 4.02. The normalized spacial score (nSPS) is 19.8. The lowest BCUT2D eigenvalue weighted by Crippen LogP contribution is -2.25. The van der Waals surface area contributed by atoms with Crippen LogP contribution < -0.4 is 10.6 Å². The zero-order chi connectivity index (χ0) is 14.2. The largest absolute Gasteiger partial charge is 0.384 e. The molecule has 1 fully saturated rings. The number of anilines is 1. The SMILES string of the molecule is CC(C)(C)C1CCN(c2ccc(C(=N)N)c(Br)c2)C1. The fraction of sp³-hybridized carbons (Fsp3) is 0.533. The van der Waals surface area contributed by atoms with E-state index in [4.69, 9.17) is 11.1 Å². The van der Waals surface area contributed by atoms with Crippen LogP contribution in [-0.4, -0.2) is 18.9 Å². The van der Waals surface area contributed by atoms with Gasteiger partial charge in [0.2, 0.25) is 0 Å². The number of nitrogens with two attached hydrogens (primary N) is 1. The van der Waals surface area contributed by atoms with Crippen LogP contribution in [0.25, 0.3) is 0 Å². The van der Waals surface area contributed by atoms with Crippen LogP contribution in [0.2, 0.25) is 0 Å². The quantitative estimate of drug-likeness (QED) is 0.645. The first-order chi connectivity index (χ1) is 8.79. The molecule has 3 N–H and O–H groups in total. The second-order valence-electron chi connectivity index (χ2n) is 6.38. The predicted molar refractivity (Wildman–Crippen MR) is 84.9 cm³/mol. The summed E-state index contributed by atoms with van der Waals surface area (Å²) in [6.45, 7) is 9.16. The van der Waals surface area contributed by atoms with Crippen molar-refractivity contribution < 1.29 is 0 Å². The molecule has 1 saturated heterocycles. The number of hydrogen-bond donors (Lipinski definition) is 2. The van der Waals surface area contributed by atoms with Gasteiger partial charge in [-0.25, -0.2) is 0 Å². The van der Waals surface area contributed by atoms with Crippen molar-refractivity contribution in [1.29, 1.82) is 5.41 Å². The summed E-state index contributed by atoms with van der Waals surface area (Å²) in [6.07, 6.45) is 1.25. The molecule has 104 valence electrons. The van der Waals surface area contributed by atoms with Gasteiger partial charge in [-0.05, 0) is 51.9 Å². The lowest BCUT2D eigenvalue weighted by Gasteiger charge is -2.27. The first kappa shape index (κ1) is 14.4. The zero-order valence-electron chi connectivity index (χ0n) is 11.8. The smallest absolute Gasteiger partial charge is 0.123 e. The monoisotopic (exact) mass is 323 g/mol. The molecule has 0 spiro atoms. The second-order valence-corrected chi connectivity index (χ2v) is 7.23. The minimum absolute atomic E-state index is 0.104. The van der Waals surface area contributed by atoms with Crippen LogP contribution in [0.3, 0.4) is 0 Å². The molecular weight excluding hydrogens is 302 g/mol. The maximum absolute atomic E-state index is 7.50. The molecule has 0 amide bonds. The van der Waals surface area contributed by atoms with E-state index in [0.717, 1.165) is 29.0 Å². The molecule has 0 bridgehead atoms. The minimum atomic E-state index is 0.104. The van der Waals surface area contributed by atoms with Crippen molar-refractivity contribution in [2.45, 2.75) is 27.2 Å². The zero-order valence-corrected chi connectivity index (χ0v) is 13.4. The maximum Gasteiger partial charge on any atom is 0.123 e. The van der Waals surface area contributed by atoms with Crippen LogP contribution in [0.5, 0.6) is 0 Å². The molecule has 0 radical (unpaired) electrons. The number of amidine groups is 1. The van der Waals surface area contributed by atoms with E-state index < -0.39 is 0 Å².